The zero-order valence-corrected chi connectivity index (χ0v) is 7.46. The fourth-order valence-corrected chi connectivity index (χ4v) is 1.37. The highest BCUT2D eigenvalue weighted by Gasteiger charge is 2.02. The molecule has 0 spiro atoms. The number of oxime groups is 1. The first kappa shape index (κ1) is 8.55. The second-order valence-electron chi connectivity index (χ2n) is 2.97. The Morgan fingerprint density at radius 1 is 1.57 bits per heavy atom. The lowest BCUT2D eigenvalue weighted by atomic mass is 10.2. The van der Waals surface area contributed by atoms with Crippen molar-refractivity contribution in [3.63, 3.8) is 0 Å². The molecule has 72 valence electrons. The molecule has 3 N–H and O–H groups in total. The summed E-state index contributed by atoms with van der Waals surface area (Å²) >= 11 is 0. The first-order valence-corrected chi connectivity index (χ1v) is 4.17. The number of fused-ring (bicyclic) bond motifs is 1. The minimum absolute atomic E-state index is 0.186. The lowest BCUT2D eigenvalue weighted by Crippen LogP contribution is -2.16. The highest BCUT2D eigenvalue weighted by Crippen LogP contribution is 2.07. The molecular formula is C9H10N4O. The Hall–Kier alpha value is -2.04. The lowest BCUT2D eigenvalue weighted by Gasteiger charge is -2.03. The van der Waals surface area contributed by atoms with Crippen molar-refractivity contribution in [2.24, 2.45) is 10.9 Å². The Morgan fingerprint density at radius 2 is 2.43 bits per heavy atom. The van der Waals surface area contributed by atoms with E-state index in [-0.39, 0.29) is 5.84 Å². The van der Waals surface area contributed by atoms with Gasteiger partial charge in [0.2, 0.25) is 0 Å². The molecule has 0 amide bonds. The number of hydrogen-bond donors (Lipinski definition) is 2. The van der Waals surface area contributed by atoms with Crippen LogP contribution in [0, 0.1) is 0 Å². The van der Waals surface area contributed by atoms with Crippen molar-refractivity contribution in [1.82, 2.24) is 9.38 Å². The molecule has 0 aliphatic heterocycles. The zero-order valence-electron chi connectivity index (χ0n) is 7.46. The zero-order chi connectivity index (χ0) is 9.97. The van der Waals surface area contributed by atoms with E-state index in [1.807, 2.05) is 22.6 Å². The topological polar surface area (TPSA) is 75.9 Å². The van der Waals surface area contributed by atoms with E-state index >= 15 is 0 Å². The predicted molar refractivity (Wildman–Crippen MR) is 52.3 cm³/mol. The summed E-state index contributed by atoms with van der Waals surface area (Å²) in [5.74, 6) is 0.186. The Morgan fingerprint density at radius 3 is 3.21 bits per heavy atom. The second kappa shape index (κ2) is 3.37. The van der Waals surface area contributed by atoms with Gasteiger partial charge in [-0.25, -0.2) is 4.98 Å². The summed E-state index contributed by atoms with van der Waals surface area (Å²) in [6, 6.07) is 5.77. The number of nitrogens with two attached hydrogens (primary N) is 1. The maximum Gasteiger partial charge on any atom is 0.145 e. The van der Waals surface area contributed by atoms with Gasteiger partial charge in [-0.05, 0) is 12.1 Å². The Labute approximate surface area is 80.5 Å². The van der Waals surface area contributed by atoms with Gasteiger partial charge >= 0.3 is 0 Å². The molecule has 14 heavy (non-hydrogen) atoms. The van der Waals surface area contributed by atoms with Gasteiger partial charge in [-0.2, -0.15) is 0 Å². The molecule has 5 heteroatoms. The molecule has 0 aliphatic carbocycles. The summed E-state index contributed by atoms with van der Waals surface area (Å²) in [6.45, 7) is 0. The molecule has 0 saturated carbocycles. The van der Waals surface area contributed by atoms with Crippen molar-refractivity contribution in [3.8, 4) is 0 Å². The van der Waals surface area contributed by atoms with Gasteiger partial charge < -0.3 is 15.3 Å². The SMILES string of the molecule is N/C(Cc1cccc2cncn12)=N\O. The summed E-state index contributed by atoms with van der Waals surface area (Å²) in [5.41, 5.74) is 7.36. The van der Waals surface area contributed by atoms with E-state index in [4.69, 9.17) is 10.9 Å². The maximum atomic E-state index is 8.46. The van der Waals surface area contributed by atoms with Crippen LogP contribution in [0.5, 0.6) is 0 Å². The van der Waals surface area contributed by atoms with E-state index in [2.05, 4.69) is 10.1 Å². The number of pyridine rings is 1. The normalized spacial score (nSPS) is 12.1. The van der Waals surface area contributed by atoms with E-state index in [1.165, 1.54) is 0 Å². The quantitative estimate of drug-likeness (QED) is 0.315. The second-order valence-corrected chi connectivity index (χ2v) is 2.97. The smallest absolute Gasteiger partial charge is 0.145 e. The molecule has 0 aliphatic rings. The minimum atomic E-state index is 0.186. The van der Waals surface area contributed by atoms with Crippen LogP contribution in [-0.4, -0.2) is 20.4 Å². The summed E-state index contributed by atoms with van der Waals surface area (Å²) < 4.78 is 1.90. The van der Waals surface area contributed by atoms with Gasteiger partial charge in [0.25, 0.3) is 0 Å². The lowest BCUT2D eigenvalue weighted by molar-refractivity contribution is 0.317. The van der Waals surface area contributed by atoms with Crippen LogP contribution in [0.4, 0.5) is 0 Å². The van der Waals surface area contributed by atoms with Gasteiger partial charge in [-0.1, -0.05) is 11.2 Å². The molecule has 2 aromatic rings. The minimum Gasteiger partial charge on any atom is -0.409 e. The van der Waals surface area contributed by atoms with Crippen LogP contribution >= 0.6 is 0 Å². The predicted octanol–water partition coefficient (Wildman–Crippen LogP) is 0.623. The number of imidazole rings is 1. The molecule has 0 bridgehead atoms. The Balaban J connectivity index is 2.46. The monoisotopic (exact) mass is 190 g/mol. The third kappa shape index (κ3) is 1.39. The first-order chi connectivity index (χ1) is 6.81. The van der Waals surface area contributed by atoms with Crippen molar-refractivity contribution in [1.29, 1.82) is 0 Å². The largest absolute Gasteiger partial charge is 0.409 e. The van der Waals surface area contributed by atoms with Gasteiger partial charge in [-0.3, -0.25) is 0 Å². The van der Waals surface area contributed by atoms with Crippen molar-refractivity contribution < 1.29 is 5.21 Å². The summed E-state index contributed by atoms with van der Waals surface area (Å²) in [5, 5.41) is 11.4. The first-order valence-electron chi connectivity index (χ1n) is 4.17. The summed E-state index contributed by atoms with van der Waals surface area (Å²) in [7, 11) is 0. The van der Waals surface area contributed by atoms with Crippen molar-refractivity contribution in [3.05, 3.63) is 36.4 Å². The number of rotatable bonds is 2. The Bertz CT molecular complexity index is 474. The van der Waals surface area contributed by atoms with E-state index < -0.39 is 0 Å². The average molecular weight is 190 g/mol. The summed E-state index contributed by atoms with van der Waals surface area (Å²) in [4.78, 5) is 4.01. The molecule has 0 atom stereocenters. The van der Waals surface area contributed by atoms with Crippen molar-refractivity contribution >= 4 is 11.4 Å². The third-order valence-corrected chi connectivity index (χ3v) is 2.02. The van der Waals surface area contributed by atoms with Crippen LogP contribution in [-0.2, 0) is 6.42 Å². The third-order valence-electron chi connectivity index (χ3n) is 2.02. The van der Waals surface area contributed by atoms with Gasteiger partial charge in [0.15, 0.2) is 0 Å². The average Bonchev–Trinajstić information content (AvgIpc) is 2.66. The summed E-state index contributed by atoms with van der Waals surface area (Å²) in [6.07, 6.45) is 3.87. The van der Waals surface area contributed by atoms with Crippen LogP contribution in [0.25, 0.3) is 5.52 Å². The molecular weight excluding hydrogens is 180 g/mol. The van der Waals surface area contributed by atoms with Crippen LogP contribution in [0.3, 0.4) is 0 Å². The van der Waals surface area contributed by atoms with Crippen LogP contribution in [0.2, 0.25) is 0 Å². The van der Waals surface area contributed by atoms with Gasteiger partial charge in [0.1, 0.15) is 5.84 Å². The van der Waals surface area contributed by atoms with E-state index in [1.54, 1.807) is 12.5 Å². The van der Waals surface area contributed by atoms with Crippen LogP contribution < -0.4 is 5.73 Å². The van der Waals surface area contributed by atoms with Crippen LogP contribution in [0.15, 0.2) is 35.9 Å². The fourth-order valence-electron chi connectivity index (χ4n) is 1.37. The fraction of sp³-hybridized carbons (Fsp3) is 0.111. The van der Waals surface area contributed by atoms with Crippen molar-refractivity contribution in [2.75, 3.05) is 0 Å². The molecule has 0 aromatic carbocycles. The van der Waals surface area contributed by atoms with E-state index in [0.29, 0.717) is 6.42 Å². The van der Waals surface area contributed by atoms with Crippen molar-refractivity contribution in [2.45, 2.75) is 6.42 Å². The van der Waals surface area contributed by atoms with Gasteiger partial charge in [0, 0.05) is 12.1 Å². The highest BCUT2D eigenvalue weighted by atomic mass is 16.4. The molecule has 0 radical (unpaired) electrons. The maximum absolute atomic E-state index is 8.46. The van der Waals surface area contributed by atoms with Gasteiger partial charge in [0.05, 0.1) is 18.0 Å². The van der Waals surface area contributed by atoms with E-state index in [0.717, 1.165) is 11.2 Å². The molecule has 2 rings (SSSR count). The number of nitrogens with zero attached hydrogens (tertiary/aromatic N) is 3. The standard InChI is InChI=1S/C9H10N4O/c10-9(12-14)4-7-2-1-3-8-5-11-6-13(7)8/h1-3,5-6,14H,4H2,(H2,10,12). The highest BCUT2D eigenvalue weighted by molar-refractivity contribution is 5.81. The van der Waals surface area contributed by atoms with Gasteiger partial charge in [-0.15, -0.1) is 0 Å². The van der Waals surface area contributed by atoms with E-state index in [9.17, 15) is 0 Å². The molecule has 2 aromatic heterocycles. The number of amidine groups is 1. The molecule has 2 heterocycles. The van der Waals surface area contributed by atoms with Crippen LogP contribution in [0.1, 0.15) is 5.69 Å². The molecule has 5 nitrogen and oxygen atoms in total. The number of aromatic nitrogens is 2. The molecule has 0 saturated heterocycles. The number of hydrogen-bond acceptors (Lipinski definition) is 3. The molecule has 0 fully saturated rings. The molecule has 0 unspecified atom stereocenters. The Kier molecular flexibility index (Phi) is 2.06.